The molecule has 12 nitrogen and oxygen atoms in total. The summed E-state index contributed by atoms with van der Waals surface area (Å²) >= 11 is 0. The number of nitrogens with zero attached hydrogens (tertiary/aromatic N) is 6. The minimum Gasteiger partial charge on any atom is -0.428 e. The van der Waals surface area contributed by atoms with E-state index in [2.05, 4.69) is 19.2 Å². The van der Waals surface area contributed by atoms with Gasteiger partial charge in [-0.15, -0.1) is 0 Å². The molecule has 1 aromatic rings. The zero-order valence-corrected chi connectivity index (χ0v) is 20.9. The lowest BCUT2D eigenvalue weighted by molar-refractivity contribution is 0.257. The van der Waals surface area contributed by atoms with Gasteiger partial charge in [0.2, 0.25) is 0 Å². The smallest absolute Gasteiger partial charge is 0.425 e. The van der Waals surface area contributed by atoms with Gasteiger partial charge in [0.25, 0.3) is 18.8 Å². The molecular weight excluding hydrogens is 468 g/mol. The quantitative estimate of drug-likeness (QED) is 0.180. The Labute approximate surface area is 210 Å². The highest BCUT2D eigenvalue weighted by Crippen LogP contribution is 2.03. The Bertz CT molecular complexity index is 1040. The summed E-state index contributed by atoms with van der Waals surface area (Å²) in [7, 11) is 0. The molecule has 198 valence electrons. The SMILES string of the molecule is N#COCCCCCC/N=c1\oc(=O)n(CCCCCCOC#N)c(=O)n1CCCCCCOC#N. The molecule has 0 atom stereocenters. The van der Waals surface area contributed by atoms with E-state index in [1.165, 1.54) is 4.57 Å². The monoisotopic (exact) mass is 504 g/mol. The van der Waals surface area contributed by atoms with Gasteiger partial charge in [-0.3, -0.25) is 0 Å². The second-order valence-corrected chi connectivity index (χ2v) is 8.18. The number of unbranched alkanes of at least 4 members (excludes halogenated alkanes) is 9. The second-order valence-electron chi connectivity index (χ2n) is 8.18. The second kappa shape index (κ2) is 20.6. The summed E-state index contributed by atoms with van der Waals surface area (Å²) in [5.74, 6) is -0.717. The average Bonchev–Trinajstić information content (AvgIpc) is 2.87. The fourth-order valence-electron chi connectivity index (χ4n) is 3.54. The maximum absolute atomic E-state index is 13.1. The van der Waals surface area contributed by atoms with Crippen molar-refractivity contribution in [1.82, 2.24) is 9.13 Å². The van der Waals surface area contributed by atoms with Gasteiger partial charge in [0.1, 0.15) is 19.8 Å². The van der Waals surface area contributed by atoms with Crippen molar-refractivity contribution in [3.05, 3.63) is 26.7 Å². The van der Waals surface area contributed by atoms with Crippen LogP contribution in [-0.2, 0) is 27.3 Å². The van der Waals surface area contributed by atoms with Gasteiger partial charge >= 0.3 is 17.1 Å². The molecule has 1 aromatic heterocycles. The van der Waals surface area contributed by atoms with Crippen LogP contribution in [-0.4, -0.2) is 35.5 Å². The third kappa shape index (κ3) is 13.2. The first kappa shape index (κ1) is 30.3. The fraction of sp³-hybridized carbons (Fsp3) is 0.750. The summed E-state index contributed by atoms with van der Waals surface area (Å²) in [6.07, 6.45) is 14.3. The maximum atomic E-state index is 13.1. The molecule has 0 aliphatic carbocycles. The zero-order valence-electron chi connectivity index (χ0n) is 20.9. The predicted octanol–water partition coefficient (Wildman–Crippen LogP) is 2.68. The number of ether oxygens (including phenoxy) is 3. The molecule has 0 amide bonds. The summed E-state index contributed by atoms with van der Waals surface area (Å²) < 4.78 is 21.9. The number of hydrogen-bond acceptors (Lipinski definition) is 10. The van der Waals surface area contributed by atoms with Crippen LogP contribution in [0, 0.1) is 34.6 Å². The van der Waals surface area contributed by atoms with Gasteiger partial charge in [-0.1, -0.05) is 19.3 Å². The van der Waals surface area contributed by atoms with Crippen LogP contribution >= 0.6 is 0 Å². The van der Waals surface area contributed by atoms with Crippen molar-refractivity contribution >= 4 is 0 Å². The van der Waals surface area contributed by atoms with Gasteiger partial charge in [-0.05, 0) is 57.8 Å². The highest BCUT2D eigenvalue weighted by Gasteiger charge is 2.11. The van der Waals surface area contributed by atoms with E-state index in [4.69, 9.17) is 20.2 Å². The third-order valence-corrected chi connectivity index (χ3v) is 5.44. The van der Waals surface area contributed by atoms with E-state index >= 15 is 0 Å². The number of rotatable bonds is 21. The molecule has 0 N–H and O–H groups in total. The molecule has 12 heteroatoms. The normalized spacial score (nSPS) is 10.9. The van der Waals surface area contributed by atoms with Crippen LogP contribution in [0.15, 0.2) is 19.0 Å². The Hall–Kier alpha value is -3.72. The highest BCUT2D eigenvalue weighted by molar-refractivity contribution is 4.71. The Morgan fingerprint density at radius 1 is 0.639 bits per heavy atom. The summed E-state index contributed by atoms with van der Waals surface area (Å²) in [4.78, 5) is 30.0. The van der Waals surface area contributed by atoms with Crippen molar-refractivity contribution in [3.63, 3.8) is 0 Å². The molecule has 0 aliphatic rings. The molecule has 1 rings (SSSR count). The van der Waals surface area contributed by atoms with Gasteiger partial charge in [0.05, 0.1) is 0 Å². The molecule has 0 unspecified atom stereocenters. The summed E-state index contributed by atoms with van der Waals surface area (Å²) in [5.41, 5.74) is -0.394. The van der Waals surface area contributed by atoms with Crippen LogP contribution in [0.25, 0.3) is 0 Å². The molecule has 0 fully saturated rings. The fourth-order valence-corrected chi connectivity index (χ4v) is 3.54. The van der Waals surface area contributed by atoms with E-state index in [1.54, 1.807) is 18.8 Å². The third-order valence-electron chi connectivity index (χ3n) is 5.44. The molecule has 0 bridgehead atoms. The number of aromatic nitrogens is 2. The first-order valence-corrected chi connectivity index (χ1v) is 12.5. The van der Waals surface area contributed by atoms with Crippen molar-refractivity contribution < 1.29 is 18.6 Å². The molecule has 0 saturated heterocycles. The van der Waals surface area contributed by atoms with Crippen LogP contribution in [0.4, 0.5) is 0 Å². The Morgan fingerprint density at radius 3 is 1.58 bits per heavy atom. The lowest BCUT2D eigenvalue weighted by atomic mass is 10.2. The lowest BCUT2D eigenvalue weighted by Crippen LogP contribution is -2.47. The van der Waals surface area contributed by atoms with E-state index in [0.717, 1.165) is 68.8 Å². The minimum atomic E-state index is -0.717. The minimum absolute atomic E-state index is 0.0375. The van der Waals surface area contributed by atoms with Gasteiger partial charge in [0, 0.05) is 19.6 Å². The molecule has 36 heavy (non-hydrogen) atoms. The van der Waals surface area contributed by atoms with Crippen molar-refractivity contribution in [2.45, 2.75) is 90.1 Å². The van der Waals surface area contributed by atoms with Crippen molar-refractivity contribution in [2.24, 2.45) is 4.99 Å². The number of nitriles is 3. The molecule has 0 spiro atoms. The van der Waals surface area contributed by atoms with Crippen molar-refractivity contribution in [1.29, 1.82) is 15.8 Å². The van der Waals surface area contributed by atoms with Crippen LogP contribution in [0.3, 0.4) is 0 Å². The molecule has 0 aliphatic heterocycles. The molecule has 0 radical (unpaired) electrons. The zero-order chi connectivity index (χ0) is 26.3. The summed E-state index contributed by atoms with van der Waals surface area (Å²) in [5, 5.41) is 25.2. The molecule has 1 heterocycles. The van der Waals surface area contributed by atoms with Crippen LogP contribution < -0.4 is 17.1 Å². The Balaban J connectivity index is 2.77. The maximum Gasteiger partial charge on any atom is 0.425 e. The van der Waals surface area contributed by atoms with Crippen LogP contribution in [0.5, 0.6) is 0 Å². The topological polar surface area (TPSA) is 169 Å². The largest absolute Gasteiger partial charge is 0.428 e. The average molecular weight is 505 g/mol. The molecular formula is C24H36N6O6. The van der Waals surface area contributed by atoms with Crippen molar-refractivity contribution in [2.75, 3.05) is 26.4 Å². The molecule has 0 saturated carbocycles. The van der Waals surface area contributed by atoms with Gasteiger partial charge in [0.15, 0.2) is 0 Å². The van der Waals surface area contributed by atoms with E-state index in [0.29, 0.717) is 45.8 Å². The first-order chi connectivity index (χ1) is 17.7. The van der Waals surface area contributed by atoms with Gasteiger partial charge in [-0.2, -0.15) is 15.8 Å². The van der Waals surface area contributed by atoms with Gasteiger partial charge in [-0.25, -0.2) is 23.7 Å². The molecule has 0 aromatic carbocycles. The van der Waals surface area contributed by atoms with E-state index < -0.39 is 11.4 Å². The summed E-state index contributed by atoms with van der Waals surface area (Å²) in [6, 6.07) is 0. The van der Waals surface area contributed by atoms with E-state index in [1.807, 2.05) is 0 Å². The van der Waals surface area contributed by atoms with Crippen LogP contribution in [0.2, 0.25) is 0 Å². The Kier molecular flexibility index (Phi) is 17.4. The van der Waals surface area contributed by atoms with Crippen molar-refractivity contribution in [3.8, 4) is 18.8 Å². The van der Waals surface area contributed by atoms with E-state index in [9.17, 15) is 9.59 Å². The highest BCUT2D eigenvalue weighted by atomic mass is 16.5. The first-order valence-electron chi connectivity index (χ1n) is 12.5. The van der Waals surface area contributed by atoms with E-state index in [-0.39, 0.29) is 12.2 Å². The number of hydrogen-bond donors (Lipinski definition) is 0. The summed E-state index contributed by atoms with van der Waals surface area (Å²) in [6.45, 7) is 2.18. The predicted molar refractivity (Wildman–Crippen MR) is 128 cm³/mol. The standard InChI is InChI=1S/C24H36N6O6/c25-19-33-16-10-4-1-7-13-28-22-29(14-8-2-5-11-17-34-20-26)23(31)30(24(32)36-22)15-9-3-6-12-18-35-21-27/h1-18H2/b28-22-. The Morgan fingerprint density at radius 2 is 1.08 bits per heavy atom. The lowest BCUT2D eigenvalue weighted by Gasteiger charge is -2.10. The van der Waals surface area contributed by atoms with Crippen LogP contribution in [0.1, 0.15) is 77.0 Å². The van der Waals surface area contributed by atoms with Gasteiger partial charge < -0.3 is 18.6 Å².